The Kier molecular flexibility index (Phi) is 3.71. The minimum atomic E-state index is 0.583. The summed E-state index contributed by atoms with van der Waals surface area (Å²) < 4.78 is 0. The molecule has 1 aromatic rings. The van der Waals surface area contributed by atoms with Crippen LogP contribution < -0.4 is 16.0 Å². The third kappa shape index (κ3) is 2.70. The van der Waals surface area contributed by atoms with Gasteiger partial charge in [-0.05, 0) is 12.5 Å². The molecule has 0 unspecified atom stereocenters. The first-order valence-corrected chi connectivity index (χ1v) is 5.57. The lowest BCUT2D eigenvalue weighted by atomic mass is 10.2. The predicted molar refractivity (Wildman–Crippen MR) is 65.5 cm³/mol. The molecule has 5 nitrogen and oxygen atoms in total. The fourth-order valence-electron chi connectivity index (χ4n) is 1.64. The van der Waals surface area contributed by atoms with Gasteiger partial charge in [0.2, 0.25) is 5.95 Å². The van der Waals surface area contributed by atoms with Gasteiger partial charge in [-0.25, -0.2) is 4.98 Å². The first-order valence-electron chi connectivity index (χ1n) is 5.57. The molecule has 16 heavy (non-hydrogen) atoms. The van der Waals surface area contributed by atoms with Crippen molar-refractivity contribution in [3.63, 3.8) is 0 Å². The van der Waals surface area contributed by atoms with Crippen molar-refractivity contribution in [3.05, 3.63) is 24.4 Å². The van der Waals surface area contributed by atoms with E-state index in [0.29, 0.717) is 19.0 Å². The molecule has 0 aromatic carbocycles. The number of hydrogen-bond donors (Lipinski definition) is 2. The van der Waals surface area contributed by atoms with Gasteiger partial charge >= 0.3 is 0 Å². The Labute approximate surface area is 95.4 Å². The van der Waals surface area contributed by atoms with Gasteiger partial charge in [-0.15, -0.1) is 0 Å². The van der Waals surface area contributed by atoms with Crippen molar-refractivity contribution < 1.29 is 0 Å². The number of anilines is 2. The lowest BCUT2D eigenvalue weighted by molar-refractivity contribution is 0.802. The first kappa shape index (κ1) is 10.9. The molecule has 0 bridgehead atoms. The second-order valence-corrected chi connectivity index (χ2v) is 3.66. The molecule has 2 rings (SSSR count). The highest BCUT2D eigenvalue weighted by atomic mass is 15.2. The van der Waals surface area contributed by atoms with Gasteiger partial charge in [-0.2, -0.15) is 4.98 Å². The van der Waals surface area contributed by atoms with E-state index in [1.54, 1.807) is 6.20 Å². The fraction of sp³-hybridized carbons (Fsp3) is 0.455. The van der Waals surface area contributed by atoms with Crippen LogP contribution in [0.15, 0.2) is 24.4 Å². The lowest BCUT2D eigenvalue weighted by Gasteiger charge is -2.24. The van der Waals surface area contributed by atoms with E-state index in [9.17, 15) is 0 Å². The lowest BCUT2D eigenvalue weighted by Crippen LogP contribution is -2.28. The summed E-state index contributed by atoms with van der Waals surface area (Å²) in [6.45, 7) is 3.22. The van der Waals surface area contributed by atoms with Crippen molar-refractivity contribution in [2.75, 3.05) is 36.4 Å². The molecule has 0 aliphatic carbocycles. The maximum Gasteiger partial charge on any atom is 0.224 e. The quantitative estimate of drug-likeness (QED) is 0.726. The highest BCUT2D eigenvalue weighted by Gasteiger charge is 2.09. The van der Waals surface area contributed by atoms with Crippen LogP contribution in [0.3, 0.4) is 0 Å². The summed E-state index contributed by atoms with van der Waals surface area (Å²) in [7, 11) is 0. The normalized spacial score (nSPS) is 15.2. The van der Waals surface area contributed by atoms with E-state index in [1.165, 1.54) is 0 Å². The zero-order valence-electron chi connectivity index (χ0n) is 9.26. The van der Waals surface area contributed by atoms with Crippen LogP contribution >= 0.6 is 0 Å². The Morgan fingerprint density at radius 3 is 3.12 bits per heavy atom. The van der Waals surface area contributed by atoms with Crippen molar-refractivity contribution in [1.29, 1.82) is 0 Å². The van der Waals surface area contributed by atoms with Crippen LogP contribution in [0.2, 0.25) is 0 Å². The van der Waals surface area contributed by atoms with Gasteiger partial charge in [0.1, 0.15) is 5.82 Å². The molecule has 1 aliphatic heterocycles. The summed E-state index contributed by atoms with van der Waals surface area (Å²) in [5.74, 6) is 1.62. The highest BCUT2D eigenvalue weighted by molar-refractivity contribution is 5.43. The Morgan fingerprint density at radius 1 is 1.44 bits per heavy atom. The van der Waals surface area contributed by atoms with E-state index >= 15 is 0 Å². The molecule has 0 amide bonds. The molecular weight excluding hydrogens is 202 g/mol. The summed E-state index contributed by atoms with van der Waals surface area (Å²) in [4.78, 5) is 10.8. The van der Waals surface area contributed by atoms with E-state index in [1.807, 2.05) is 6.07 Å². The van der Waals surface area contributed by atoms with Crippen molar-refractivity contribution in [3.8, 4) is 0 Å². The molecule has 0 fully saturated rings. The van der Waals surface area contributed by atoms with Gasteiger partial charge < -0.3 is 16.0 Å². The molecule has 5 heteroatoms. The topological polar surface area (TPSA) is 67.1 Å². The average Bonchev–Trinajstić information content (AvgIpc) is 2.38. The number of rotatable bonds is 4. The molecular formula is C11H17N5. The van der Waals surface area contributed by atoms with Gasteiger partial charge in [0.15, 0.2) is 0 Å². The standard InChI is InChI=1S/C11H17N5/c12-5-7-14-11-13-6-4-10(15-11)16-8-2-1-3-9-16/h1-2,4,6H,3,5,7-9,12H2,(H,13,14,15). The number of aromatic nitrogens is 2. The summed E-state index contributed by atoms with van der Waals surface area (Å²) in [6.07, 6.45) is 7.22. The molecule has 0 spiro atoms. The smallest absolute Gasteiger partial charge is 0.224 e. The minimum absolute atomic E-state index is 0.583. The second kappa shape index (κ2) is 5.46. The third-order valence-electron chi connectivity index (χ3n) is 2.45. The molecule has 2 heterocycles. The van der Waals surface area contributed by atoms with Crippen LogP contribution in [0.5, 0.6) is 0 Å². The van der Waals surface area contributed by atoms with E-state index in [-0.39, 0.29) is 0 Å². The average molecular weight is 219 g/mol. The molecule has 0 saturated carbocycles. The van der Waals surface area contributed by atoms with Gasteiger partial charge in [0.25, 0.3) is 0 Å². The van der Waals surface area contributed by atoms with Gasteiger partial charge in [0, 0.05) is 32.4 Å². The van der Waals surface area contributed by atoms with Crippen molar-refractivity contribution >= 4 is 11.8 Å². The van der Waals surface area contributed by atoms with E-state index < -0.39 is 0 Å². The summed E-state index contributed by atoms with van der Waals surface area (Å²) in [5, 5.41) is 3.08. The van der Waals surface area contributed by atoms with Gasteiger partial charge in [-0.3, -0.25) is 0 Å². The highest BCUT2D eigenvalue weighted by Crippen LogP contribution is 2.14. The Bertz CT molecular complexity index is 363. The van der Waals surface area contributed by atoms with E-state index in [4.69, 9.17) is 5.73 Å². The number of hydrogen-bond acceptors (Lipinski definition) is 5. The maximum atomic E-state index is 5.42. The van der Waals surface area contributed by atoms with E-state index in [2.05, 4.69) is 32.3 Å². The molecule has 1 aromatic heterocycles. The first-order chi connectivity index (χ1) is 7.90. The van der Waals surface area contributed by atoms with Crippen LogP contribution in [0.4, 0.5) is 11.8 Å². The fourth-order valence-corrected chi connectivity index (χ4v) is 1.64. The number of nitrogens with two attached hydrogens (primary N) is 1. The van der Waals surface area contributed by atoms with Crippen molar-refractivity contribution in [2.24, 2.45) is 5.73 Å². The van der Waals surface area contributed by atoms with Gasteiger partial charge in [0.05, 0.1) is 0 Å². The second-order valence-electron chi connectivity index (χ2n) is 3.66. The van der Waals surface area contributed by atoms with E-state index in [0.717, 1.165) is 25.3 Å². The Hall–Kier alpha value is -1.62. The molecule has 0 saturated heterocycles. The van der Waals surface area contributed by atoms with Crippen LogP contribution in [0.1, 0.15) is 6.42 Å². The third-order valence-corrected chi connectivity index (χ3v) is 2.45. The van der Waals surface area contributed by atoms with Crippen LogP contribution in [-0.2, 0) is 0 Å². The Balaban J connectivity index is 2.05. The number of nitrogens with zero attached hydrogens (tertiary/aromatic N) is 3. The summed E-state index contributed by atoms with van der Waals surface area (Å²) >= 11 is 0. The van der Waals surface area contributed by atoms with Crippen molar-refractivity contribution in [1.82, 2.24) is 9.97 Å². The largest absolute Gasteiger partial charge is 0.353 e. The molecule has 86 valence electrons. The minimum Gasteiger partial charge on any atom is -0.353 e. The SMILES string of the molecule is NCCNc1nccc(N2CC=CCC2)n1. The Morgan fingerprint density at radius 2 is 2.38 bits per heavy atom. The molecule has 3 N–H and O–H groups in total. The summed E-state index contributed by atoms with van der Waals surface area (Å²) in [6, 6.07) is 1.94. The molecule has 1 aliphatic rings. The predicted octanol–water partition coefficient (Wildman–Crippen LogP) is 0.613. The monoisotopic (exact) mass is 219 g/mol. The van der Waals surface area contributed by atoms with Crippen LogP contribution in [-0.4, -0.2) is 36.1 Å². The number of nitrogens with one attached hydrogen (secondary N) is 1. The van der Waals surface area contributed by atoms with Crippen molar-refractivity contribution in [2.45, 2.75) is 6.42 Å². The summed E-state index contributed by atoms with van der Waals surface area (Å²) in [5.41, 5.74) is 5.42. The van der Waals surface area contributed by atoms with Crippen LogP contribution in [0, 0.1) is 0 Å². The van der Waals surface area contributed by atoms with Gasteiger partial charge in [-0.1, -0.05) is 12.2 Å². The molecule has 0 atom stereocenters. The zero-order valence-corrected chi connectivity index (χ0v) is 9.26. The maximum absolute atomic E-state index is 5.42. The zero-order chi connectivity index (χ0) is 11.2. The van der Waals surface area contributed by atoms with Crippen LogP contribution in [0.25, 0.3) is 0 Å². The molecule has 0 radical (unpaired) electrons.